The van der Waals surface area contributed by atoms with Crippen molar-refractivity contribution in [2.24, 2.45) is 7.05 Å². The highest BCUT2D eigenvalue weighted by Gasteiger charge is 2.30. The summed E-state index contributed by atoms with van der Waals surface area (Å²) in [5.41, 5.74) is 1.96. The Labute approximate surface area is 124 Å². The lowest BCUT2D eigenvalue weighted by molar-refractivity contribution is 0.273. The van der Waals surface area contributed by atoms with Gasteiger partial charge in [0.05, 0.1) is 11.1 Å². The first-order valence-electron chi connectivity index (χ1n) is 7.87. The van der Waals surface area contributed by atoms with Crippen molar-refractivity contribution in [1.82, 2.24) is 24.6 Å². The zero-order valence-corrected chi connectivity index (χ0v) is 12.8. The molecule has 0 radical (unpaired) electrons. The van der Waals surface area contributed by atoms with Crippen molar-refractivity contribution in [1.29, 1.82) is 0 Å². The summed E-state index contributed by atoms with van der Waals surface area (Å²) in [7, 11) is 1.95. The van der Waals surface area contributed by atoms with E-state index in [0.29, 0.717) is 6.04 Å². The van der Waals surface area contributed by atoms with Gasteiger partial charge in [0.25, 0.3) is 0 Å². The van der Waals surface area contributed by atoms with Crippen LogP contribution in [-0.2, 0) is 7.05 Å². The van der Waals surface area contributed by atoms with Gasteiger partial charge in [-0.3, -0.25) is 9.58 Å². The van der Waals surface area contributed by atoms with E-state index < -0.39 is 0 Å². The Morgan fingerprint density at radius 2 is 2.00 bits per heavy atom. The number of aryl methyl sites for hydroxylation is 2. The summed E-state index contributed by atoms with van der Waals surface area (Å²) >= 11 is 0. The number of fused-ring (bicyclic) bond motifs is 2. The van der Waals surface area contributed by atoms with Crippen molar-refractivity contribution in [3.8, 4) is 0 Å². The first-order chi connectivity index (χ1) is 10.2. The third-order valence-corrected chi connectivity index (χ3v) is 4.88. The van der Waals surface area contributed by atoms with Gasteiger partial charge in [0, 0.05) is 32.7 Å². The topological polar surface area (TPSA) is 50.1 Å². The quantitative estimate of drug-likeness (QED) is 0.792. The maximum Gasteiger partial charge on any atom is 0.163 e. The number of nitrogens with zero attached hydrogens (tertiary/aromatic N) is 6. The molecule has 1 atom stereocenters. The molecule has 2 aliphatic rings. The Bertz CT molecular complexity index is 663. The van der Waals surface area contributed by atoms with Gasteiger partial charge in [-0.05, 0) is 32.7 Å². The summed E-state index contributed by atoms with van der Waals surface area (Å²) in [4.78, 5) is 14.1. The molecule has 6 heteroatoms. The third-order valence-electron chi connectivity index (χ3n) is 4.88. The van der Waals surface area contributed by atoms with Gasteiger partial charge in [0.15, 0.2) is 5.65 Å². The normalized spacial score (nSPS) is 23.5. The van der Waals surface area contributed by atoms with Gasteiger partial charge in [-0.15, -0.1) is 0 Å². The fraction of sp³-hybridized carbons (Fsp3) is 0.667. The molecule has 0 bridgehead atoms. The molecule has 0 N–H and O–H groups in total. The fourth-order valence-corrected chi connectivity index (χ4v) is 3.90. The van der Waals surface area contributed by atoms with E-state index >= 15 is 0 Å². The molecule has 2 fully saturated rings. The van der Waals surface area contributed by atoms with E-state index in [9.17, 15) is 0 Å². The summed E-state index contributed by atoms with van der Waals surface area (Å²) in [5, 5.41) is 5.63. The van der Waals surface area contributed by atoms with Crippen LogP contribution in [0.4, 0.5) is 5.82 Å². The molecular formula is C15H22N6. The Balaban J connectivity index is 1.75. The van der Waals surface area contributed by atoms with Gasteiger partial charge < -0.3 is 4.90 Å². The second-order valence-electron chi connectivity index (χ2n) is 6.24. The van der Waals surface area contributed by atoms with Crippen molar-refractivity contribution in [3.05, 3.63) is 12.0 Å². The van der Waals surface area contributed by atoms with E-state index in [1.54, 1.807) is 6.33 Å². The highest BCUT2D eigenvalue weighted by Crippen LogP contribution is 2.29. The second kappa shape index (κ2) is 4.94. The summed E-state index contributed by atoms with van der Waals surface area (Å²) in [6.07, 6.45) is 5.54. The second-order valence-corrected chi connectivity index (χ2v) is 6.24. The maximum atomic E-state index is 4.60. The van der Waals surface area contributed by atoms with Crippen molar-refractivity contribution in [2.75, 3.05) is 31.1 Å². The molecule has 21 heavy (non-hydrogen) atoms. The molecule has 0 aliphatic carbocycles. The van der Waals surface area contributed by atoms with Gasteiger partial charge >= 0.3 is 0 Å². The molecule has 2 aromatic rings. The average molecular weight is 286 g/mol. The Kier molecular flexibility index (Phi) is 3.06. The molecule has 0 unspecified atom stereocenters. The number of aromatic nitrogens is 4. The van der Waals surface area contributed by atoms with Crippen LogP contribution in [0.5, 0.6) is 0 Å². The molecule has 2 aromatic heterocycles. The number of rotatable bonds is 1. The minimum atomic E-state index is 0.689. The average Bonchev–Trinajstić information content (AvgIpc) is 2.97. The summed E-state index contributed by atoms with van der Waals surface area (Å²) < 4.78 is 1.86. The van der Waals surface area contributed by atoms with Crippen molar-refractivity contribution >= 4 is 16.9 Å². The number of hydrogen-bond acceptors (Lipinski definition) is 5. The van der Waals surface area contributed by atoms with Crippen LogP contribution in [-0.4, -0.2) is 56.9 Å². The lowest BCUT2D eigenvalue weighted by Gasteiger charge is -2.26. The highest BCUT2D eigenvalue weighted by atomic mass is 15.3. The van der Waals surface area contributed by atoms with Crippen molar-refractivity contribution < 1.29 is 0 Å². The van der Waals surface area contributed by atoms with E-state index in [1.807, 2.05) is 11.7 Å². The first-order valence-corrected chi connectivity index (χ1v) is 7.87. The Hall–Kier alpha value is -1.69. The largest absolute Gasteiger partial charge is 0.354 e. The smallest absolute Gasteiger partial charge is 0.163 e. The molecular weight excluding hydrogens is 264 g/mol. The van der Waals surface area contributed by atoms with Gasteiger partial charge in [-0.25, -0.2) is 9.97 Å². The third kappa shape index (κ3) is 2.09. The lowest BCUT2D eigenvalue weighted by Crippen LogP contribution is -2.37. The lowest BCUT2D eigenvalue weighted by atomic mass is 10.2. The van der Waals surface area contributed by atoms with E-state index in [0.717, 1.165) is 35.6 Å². The summed E-state index contributed by atoms with van der Waals surface area (Å²) in [6, 6.07) is 0.689. The number of hydrogen-bond donors (Lipinski definition) is 0. The molecule has 2 aliphatic heterocycles. The van der Waals surface area contributed by atoms with Crippen LogP contribution in [0, 0.1) is 6.92 Å². The van der Waals surface area contributed by atoms with Crippen LogP contribution in [0.3, 0.4) is 0 Å². The van der Waals surface area contributed by atoms with Crippen LogP contribution >= 0.6 is 0 Å². The van der Waals surface area contributed by atoms with Crippen molar-refractivity contribution in [2.45, 2.75) is 32.2 Å². The predicted molar refractivity (Wildman–Crippen MR) is 82.5 cm³/mol. The monoisotopic (exact) mass is 286 g/mol. The maximum absolute atomic E-state index is 4.60. The molecule has 0 spiro atoms. The van der Waals surface area contributed by atoms with Crippen LogP contribution < -0.4 is 4.90 Å². The number of anilines is 1. The standard InChI is InChI=1S/C15H22N6/c1-11-13-14(19(2)18-11)16-10-17-15(13)21-8-4-7-20-6-3-5-12(20)9-21/h10,12H,3-9H2,1-2H3/t12-/m0/s1. The van der Waals surface area contributed by atoms with Gasteiger partial charge in [-0.2, -0.15) is 5.10 Å². The minimum absolute atomic E-state index is 0.689. The van der Waals surface area contributed by atoms with Crippen molar-refractivity contribution in [3.63, 3.8) is 0 Å². The molecule has 112 valence electrons. The zero-order valence-electron chi connectivity index (χ0n) is 12.8. The Morgan fingerprint density at radius 1 is 1.14 bits per heavy atom. The first kappa shape index (κ1) is 13.0. The predicted octanol–water partition coefficient (Wildman–Crippen LogP) is 1.35. The zero-order chi connectivity index (χ0) is 14.4. The molecule has 2 saturated heterocycles. The van der Waals surface area contributed by atoms with E-state index in [2.05, 4.69) is 31.8 Å². The highest BCUT2D eigenvalue weighted by molar-refractivity contribution is 5.89. The minimum Gasteiger partial charge on any atom is -0.354 e. The van der Waals surface area contributed by atoms with Gasteiger partial charge in [-0.1, -0.05) is 0 Å². The van der Waals surface area contributed by atoms with Crippen LogP contribution in [0.15, 0.2) is 6.33 Å². The molecule has 0 saturated carbocycles. The molecule has 0 amide bonds. The van der Waals surface area contributed by atoms with Gasteiger partial charge in [0.2, 0.25) is 0 Å². The van der Waals surface area contributed by atoms with Crippen LogP contribution in [0.1, 0.15) is 25.0 Å². The molecule has 4 rings (SSSR count). The van der Waals surface area contributed by atoms with Crippen LogP contribution in [0.25, 0.3) is 11.0 Å². The Morgan fingerprint density at radius 3 is 2.90 bits per heavy atom. The van der Waals surface area contributed by atoms with E-state index in [-0.39, 0.29) is 0 Å². The SMILES string of the molecule is Cc1nn(C)c2ncnc(N3CCCN4CCC[C@H]4C3)c12. The van der Waals surface area contributed by atoms with Gasteiger partial charge in [0.1, 0.15) is 12.1 Å². The van der Waals surface area contributed by atoms with E-state index in [1.165, 1.54) is 32.4 Å². The molecule has 0 aromatic carbocycles. The van der Waals surface area contributed by atoms with Crippen LogP contribution in [0.2, 0.25) is 0 Å². The fourth-order valence-electron chi connectivity index (χ4n) is 3.90. The molecule has 4 heterocycles. The summed E-state index contributed by atoms with van der Waals surface area (Å²) in [5.74, 6) is 1.07. The molecule has 6 nitrogen and oxygen atoms in total. The van der Waals surface area contributed by atoms with E-state index in [4.69, 9.17) is 0 Å². The summed E-state index contributed by atoms with van der Waals surface area (Å²) in [6.45, 7) is 6.70.